The van der Waals surface area contributed by atoms with E-state index in [1.54, 1.807) is 6.92 Å². The molecule has 9 heteroatoms. The number of hydrogen-bond donors (Lipinski definition) is 2. The molecule has 0 fully saturated rings. The molecular weight excluding hydrogens is 311 g/mol. The predicted octanol–water partition coefficient (Wildman–Crippen LogP) is 1.99. The number of alkyl halides is 3. The maximum Gasteiger partial charge on any atom is 0.418 e. The summed E-state index contributed by atoms with van der Waals surface area (Å²) in [5.41, 5.74) is -2.66. The van der Waals surface area contributed by atoms with E-state index in [0.29, 0.717) is 0 Å². The molecule has 118 valence electrons. The first-order chi connectivity index (χ1) is 9.31. The van der Waals surface area contributed by atoms with Crippen LogP contribution in [0.5, 0.6) is 0 Å². The van der Waals surface area contributed by atoms with E-state index in [9.17, 15) is 26.4 Å². The van der Waals surface area contributed by atoms with Crippen molar-refractivity contribution in [2.45, 2.75) is 37.4 Å². The molecule has 1 unspecified atom stereocenters. The molecule has 0 bridgehead atoms. The molecule has 0 saturated carbocycles. The predicted molar refractivity (Wildman–Crippen MR) is 68.3 cm³/mol. The lowest BCUT2D eigenvalue weighted by molar-refractivity contribution is -0.201. The Bertz CT molecular complexity index is 670. The van der Waals surface area contributed by atoms with Crippen molar-refractivity contribution in [1.82, 2.24) is 4.72 Å². The summed E-state index contributed by atoms with van der Waals surface area (Å²) >= 11 is 0. The molecule has 0 heterocycles. The Morgan fingerprint density at radius 2 is 1.76 bits per heavy atom. The van der Waals surface area contributed by atoms with Crippen molar-refractivity contribution >= 4 is 16.0 Å². The number of rotatable bonds is 4. The molecule has 21 heavy (non-hydrogen) atoms. The van der Waals surface area contributed by atoms with Crippen molar-refractivity contribution in [3.8, 4) is 0 Å². The molecule has 5 nitrogen and oxygen atoms in total. The van der Waals surface area contributed by atoms with Crippen LogP contribution in [-0.4, -0.2) is 31.2 Å². The molecule has 1 aromatic rings. The van der Waals surface area contributed by atoms with E-state index in [-0.39, 0.29) is 12.5 Å². The second-order valence-corrected chi connectivity index (χ2v) is 6.45. The zero-order chi connectivity index (χ0) is 16.6. The molecule has 1 rings (SSSR count). The van der Waals surface area contributed by atoms with Crippen LogP contribution < -0.4 is 4.72 Å². The molecule has 0 saturated heterocycles. The zero-order valence-electron chi connectivity index (χ0n) is 11.4. The van der Waals surface area contributed by atoms with Crippen LogP contribution in [0.15, 0.2) is 23.1 Å². The topological polar surface area (TPSA) is 83.5 Å². The molecule has 0 aliphatic carbocycles. The number of sulfonamides is 1. The summed E-state index contributed by atoms with van der Waals surface area (Å²) in [6.07, 6.45) is -5.29. The van der Waals surface area contributed by atoms with Crippen molar-refractivity contribution in [2.24, 2.45) is 0 Å². The van der Waals surface area contributed by atoms with Gasteiger partial charge in [-0.3, -0.25) is 0 Å². The lowest BCUT2D eigenvalue weighted by atomic mass is 10.0. The number of aliphatic carboxylic acids is 1. The van der Waals surface area contributed by atoms with E-state index in [4.69, 9.17) is 5.11 Å². The summed E-state index contributed by atoms with van der Waals surface area (Å²) in [4.78, 5) is 10.5. The van der Waals surface area contributed by atoms with E-state index >= 15 is 0 Å². The van der Waals surface area contributed by atoms with Gasteiger partial charge in [0.2, 0.25) is 15.6 Å². The molecule has 0 amide bonds. The van der Waals surface area contributed by atoms with Crippen LogP contribution in [-0.2, 0) is 14.8 Å². The van der Waals surface area contributed by atoms with Crippen LogP contribution in [0.2, 0.25) is 0 Å². The molecule has 1 aromatic carbocycles. The zero-order valence-corrected chi connectivity index (χ0v) is 12.3. The summed E-state index contributed by atoms with van der Waals surface area (Å²) in [5, 5.41) is 8.74. The Labute approximate surface area is 119 Å². The average molecular weight is 325 g/mol. The lowest BCUT2D eigenvalue weighted by Gasteiger charge is -2.28. The highest BCUT2D eigenvalue weighted by atomic mass is 32.2. The number of halogens is 3. The summed E-state index contributed by atoms with van der Waals surface area (Å²) < 4.78 is 63.9. The fourth-order valence-electron chi connectivity index (χ4n) is 1.65. The number of carboxylic acid groups (broad SMARTS) is 1. The minimum absolute atomic E-state index is 0.220. The summed E-state index contributed by atoms with van der Waals surface area (Å²) in [7, 11) is -4.64. The van der Waals surface area contributed by atoms with Gasteiger partial charge in [-0.1, -0.05) is 17.7 Å². The Morgan fingerprint density at radius 3 is 2.14 bits per heavy atom. The van der Waals surface area contributed by atoms with Crippen LogP contribution in [0, 0.1) is 13.8 Å². The largest absolute Gasteiger partial charge is 0.480 e. The lowest BCUT2D eigenvalue weighted by Crippen LogP contribution is -2.61. The molecule has 0 aliphatic heterocycles. The average Bonchev–Trinajstić information content (AvgIpc) is 2.25. The standard InChI is InChI=1S/C12H14F3NO4S/c1-7-4-5-9(8(2)6-7)21(19,20)16-11(3,10(17)18)12(13,14)15/h4-6,16H,1-3H3,(H,17,18). The minimum Gasteiger partial charge on any atom is -0.480 e. The first kappa shape index (κ1) is 17.4. The van der Waals surface area contributed by atoms with Crippen molar-refractivity contribution in [1.29, 1.82) is 0 Å². The van der Waals surface area contributed by atoms with Gasteiger partial charge in [-0.2, -0.15) is 17.9 Å². The maximum absolute atomic E-state index is 12.9. The van der Waals surface area contributed by atoms with Gasteiger partial charge in [0.1, 0.15) is 0 Å². The van der Waals surface area contributed by atoms with Gasteiger partial charge in [0.05, 0.1) is 4.90 Å². The molecule has 0 spiro atoms. The Morgan fingerprint density at radius 1 is 1.24 bits per heavy atom. The smallest absolute Gasteiger partial charge is 0.418 e. The number of nitrogens with one attached hydrogen (secondary N) is 1. The minimum atomic E-state index is -5.29. The second-order valence-electron chi connectivity index (χ2n) is 4.80. The van der Waals surface area contributed by atoms with Gasteiger partial charge < -0.3 is 5.11 Å². The number of benzene rings is 1. The van der Waals surface area contributed by atoms with E-state index in [0.717, 1.165) is 11.6 Å². The number of carbonyl (C=O) groups is 1. The van der Waals surface area contributed by atoms with Crippen molar-refractivity contribution in [3.63, 3.8) is 0 Å². The Kier molecular flexibility index (Phi) is 4.40. The van der Waals surface area contributed by atoms with Gasteiger partial charge in [-0.15, -0.1) is 0 Å². The van der Waals surface area contributed by atoms with Gasteiger partial charge in [-0.25, -0.2) is 13.2 Å². The fraction of sp³-hybridized carbons (Fsp3) is 0.417. The highest BCUT2D eigenvalue weighted by molar-refractivity contribution is 7.89. The highest BCUT2D eigenvalue weighted by Gasteiger charge is 2.59. The summed E-state index contributed by atoms with van der Waals surface area (Å²) in [5.74, 6) is -2.33. The van der Waals surface area contributed by atoms with Crippen LogP contribution in [0.3, 0.4) is 0 Å². The van der Waals surface area contributed by atoms with Gasteiger partial charge >= 0.3 is 12.1 Å². The molecule has 2 N–H and O–H groups in total. The summed E-state index contributed by atoms with van der Waals surface area (Å²) in [6.45, 7) is 3.36. The normalized spacial score (nSPS) is 15.5. The number of carboxylic acids is 1. The van der Waals surface area contributed by atoms with E-state index in [1.165, 1.54) is 23.8 Å². The monoisotopic (exact) mass is 325 g/mol. The van der Waals surface area contributed by atoms with Crippen molar-refractivity contribution < 1.29 is 31.5 Å². The maximum atomic E-state index is 12.9. The number of hydrogen-bond acceptors (Lipinski definition) is 3. The van der Waals surface area contributed by atoms with E-state index < -0.39 is 32.6 Å². The molecule has 0 radical (unpaired) electrons. The van der Waals surface area contributed by atoms with Crippen molar-refractivity contribution in [2.75, 3.05) is 0 Å². The fourth-order valence-corrected chi connectivity index (χ4v) is 3.23. The van der Waals surface area contributed by atoms with Gasteiger partial charge in [0, 0.05) is 0 Å². The molecule has 1 atom stereocenters. The molecular formula is C12H14F3NO4S. The van der Waals surface area contributed by atoms with E-state index in [1.807, 2.05) is 0 Å². The number of aryl methyl sites for hydroxylation is 2. The van der Waals surface area contributed by atoms with Gasteiger partial charge in [0.15, 0.2) is 0 Å². The Balaban J connectivity index is 3.35. The second kappa shape index (κ2) is 5.30. The summed E-state index contributed by atoms with van der Waals surface area (Å²) in [6, 6.07) is 4.01. The van der Waals surface area contributed by atoms with Crippen molar-refractivity contribution in [3.05, 3.63) is 29.3 Å². The third kappa shape index (κ3) is 3.35. The quantitative estimate of drug-likeness (QED) is 0.887. The van der Waals surface area contributed by atoms with Crippen LogP contribution >= 0.6 is 0 Å². The van der Waals surface area contributed by atoms with E-state index in [2.05, 4.69) is 0 Å². The molecule has 0 aromatic heterocycles. The van der Waals surface area contributed by atoms with Crippen LogP contribution in [0.25, 0.3) is 0 Å². The SMILES string of the molecule is Cc1ccc(S(=O)(=O)NC(C)(C(=O)O)C(F)(F)F)c(C)c1. The molecule has 0 aliphatic rings. The first-order valence-corrected chi connectivity index (χ1v) is 7.21. The van der Waals surface area contributed by atoms with Crippen LogP contribution in [0.4, 0.5) is 13.2 Å². The third-order valence-corrected chi connectivity index (χ3v) is 4.67. The Hall–Kier alpha value is -1.61. The third-order valence-electron chi connectivity index (χ3n) is 2.95. The van der Waals surface area contributed by atoms with Gasteiger partial charge in [0.25, 0.3) is 0 Å². The van der Waals surface area contributed by atoms with Crippen LogP contribution in [0.1, 0.15) is 18.1 Å². The highest BCUT2D eigenvalue weighted by Crippen LogP contribution is 2.32. The van der Waals surface area contributed by atoms with Gasteiger partial charge in [-0.05, 0) is 32.4 Å². The first-order valence-electron chi connectivity index (χ1n) is 5.72.